The van der Waals surface area contributed by atoms with Crippen molar-refractivity contribution in [3.8, 4) is 0 Å². The predicted molar refractivity (Wildman–Crippen MR) is 83.7 cm³/mol. The maximum atomic E-state index is 14.4. The van der Waals surface area contributed by atoms with Gasteiger partial charge < -0.3 is 10.2 Å². The lowest BCUT2D eigenvalue weighted by Gasteiger charge is -2.35. The van der Waals surface area contributed by atoms with E-state index in [-0.39, 0.29) is 11.4 Å². The molecule has 1 N–H and O–H groups in total. The molecule has 1 unspecified atom stereocenters. The van der Waals surface area contributed by atoms with Crippen molar-refractivity contribution in [2.75, 3.05) is 11.4 Å². The zero-order chi connectivity index (χ0) is 14.8. The number of nitrogens with zero attached hydrogens (tertiary/aromatic N) is 1. The summed E-state index contributed by atoms with van der Waals surface area (Å²) in [5, 5.41) is 3.39. The van der Waals surface area contributed by atoms with Crippen molar-refractivity contribution in [2.24, 2.45) is 0 Å². The van der Waals surface area contributed by atoms with Crippen LogP contribution in [0.15, 0.2) is 18.2 Å². The first-order chi connectivity index (χ1) is 9.37. The summed E-state index contributed by atoms with van der Waals surface area (Å²) in [5.74, 6) is -0.0908. The van der Waals surface area contributed by atoms with E-state index in [1.807, 2.05) is 12.1 Å². The van der Waals surface area contributed by atoms with E-state index in [4.69, 9.17) is 0 Å². The second-order valence-corrected chi connectivity index (χ2v) is 6.93. The lowest BCUT2D eigenvalue weighted by atomic mass is 10.0. The fourth-order valence-electron chi connectivity index (χ4n) is 2.72. The predicted octanol–water partition coefficient (Wildman–Crippen LogP) is 4.09. The van der Waals surface area contributed by atoms with E-state index in [0.717, 1.165) is 30.6 Å². The fraction of sp³-hybridized carbons (Fsp3) is 0.647. The standard InChI is InChI=1S/C17H27FN2/c1-13-7-5-6-10-20(13)16-9-8-14(11-15(16)18)12-19-17(2,3)4/h8-9,11,13,19H,5-7,10,12H2,1-4H3. The summed E-state index contributed by atoms with van der Waals surface area (Å²) in [7, 11) is 0. The van der Waals surface area contributed by atoms with Crippen molar-refractivity contribution < 1.29 is 4.39 Å². The number of anilines is 1. The largest absolute Gasteiger partial charge is 0.366 e. The summed E-state index contributed by atoms with van der Waals surface area (Å²) in [6.07, 6.45) is 3.58. The molecule has 1 atom stereocenters. The molecule has 1 saturated heterocycles. The van der Waals surface area contributed by atoms with Crippen LogP contribution in [0.3, 0.4) is 0 Å². The molecule has 20 heavy (non-hydrogen) atoms. The number of halogens is 1. The Morgan fingerprint density at radius 3 is 2.65 bits per heavy atom. The van der Waals surface area contributed by atoms with Crippen LogP contribution in [-0.4, -0.2) is 18.1 Å². The smallest absolute Gasteiger partial charge is 0.146 e. The Hall–Kier alpha value is -1.09. The summed E-state index contributed by atoms with van der Waals surface area (Å²) in [6, 6.07) is 6.10. The van der Waals surface area contributed by atoms with Crippen LogP contribution in [0.5, 0.6) is 0 Å². The zero-order valence-electron chi connectivity index (χ0n) is 13.2. The molecule has 0 amide bonds. The van der Waals surface area contributed by atoms with E-state index in [2.05, 4.69) is 37.9 Å². The Kier molecular flexibility index (Phi) is 4.69. The molecule has 0 aliphatic carbocycles. The van der Waals surface area contributed by atoms with E-state index in [1.165, 1.54) is 6.42 Å². The highest BCUT2D eigenvalue weighted by atomic mass is 19.1. The van der Waals surface area contributed by atoms with E-state index in [9.17, 15) is 4.39 Å². The number of piperidine rings is 1. The number of benzene rings is 1. The third-order valence-corrected chi connectivity index (χ3v) is 3.95. The molecule has 1 fully saturated rings. The van der Waals surface area contributed by atoms with Gasteiger partial charge in [-0.3, -0.25) is 0 Å². The molecule has 1 heterocycles. The molecule has 1 aliphatic rings. The van der Waals surface area contributed by atoms with Gasteiger partial charge in [0.2, 0.25) is 0 Å². The van der Waals surface area contributed by atoms with Crippen LogP contribution in [0.4, 0.5) is 10.1 Å². The number of hydrogen-bond donors (Lipinski definition) is 1. The molecule has 0 spiro atoms. The maximum absolute atomic E-state index is 14.4. The second kappa shape index (κ2) is 6.13. The molecule has 1 aliphatic heterocycles. The van der Waals surface area contributed by atoms with Crippen LogP contribution in [-0.2, 0) is 6.54 Å². The van der Waals surface area contributed by atoms with Gasteiger partial charge in [-0.05, 0) is 64.7 Å². The van der Waals surface area contributed by atoms with Gasteiger partial charge in [0.1, 0.15) is 5.82 Å². The van der Waals surface area contributed by atoms with Gasteiger partial charge in [-0.2, -0.15) is 0 Å². The van der Waals surface area contributed by atoms with Crippen LogP contribution < -0.4 is 10.2 Å². The van der Waals surface area contributed by atoms with Crippen LogP contribution >= 0.6 is 0 Å². The van der Waals surface area contributed by atoms with E-state index < -0.39 is 0 Å². The Bertz CT molecular complexity index is 451. The summed E-state index contributed by atoms with van der Waals surface area (Å²) in [6.45, 7) is 10.2. The zero-order valence-corrected chi connectivity index (χ0v) is 13.2. The van der Waals surface area contributed by atoms with Gasteiger partial charge >= 0.3 is 0 Å². The van der Waals surface area contributed by atoms with Gasteiger partial charge in [0.25, 0.3) is 0 Å². The minimum atomic E-state index is -0.0908. The lowest BCUT2D eigenvalue weighted by molar-refractivity contribution is 0.423. The Balaban J connectivity index is 2.09. The molecule has 1 aromatic rings. The summed E-state index contributed by atoms with van der Waals surface area (Å²) in [5.41, 5.74) is 1.82. The Morgan fingerprint density at radius 2 is 2.05 bits per heavy atom. The molecule has 2 rings (SSSR count). The lowest BCUT2D eigenvalue weighted by Crippen LogP contribution is -2.38. The van der Waals surface area contributed by atoms with Gasteiger partial charge in [0.15, 0.2) is 0 Å². The van der Waals surface area contributed by atoms with Gasteiger partial charge in [-0.15, -0.1) is 0 Å². The average Bonchev–Trinajstić information content (AvgIpc) is 2.37. The molecule has 3 heteroatoms. The minimum Gasteiger partial charge on any atom is -0.366 e. The summed E-state index contributed by atoms with van der Waals surface area (Å²) >= 11 is 0. The SMILES string of the molecule is CC1CCCCN1c1ccc(CNC(C)(C)C)cc1F. The van der Waals surface area contributed by atoms with Crippen molar-refractivity contribution >= 4 is 5.69 Å². The van der Waals surface area contributed by atoms with Crippen molar-refractivity contribution in [2.45, 2.75) is 65.1 Å². The van der Waals surface area contributed by atoms with E-state index in [1.54, 1.807) is 6.07 Å². The highest BCUT2D eigenvalue weighted by Gasteiger charge is 2.21. The second-order valence-electron chi connectivity index (χ2n) is 6.93. The third kappa shape index (κ3) is 3.95. The summed E-state index contributed by atoms with van der Waals surface area (Å²) < 4.78 is 14.4. The highest BCUT2D eigenvalue weighted by Crippen LogP contribution is 2.27. The van der Waals surface area contributed by atoms with Gasteiger partial charge in [-0.1, -0.05) is 6.07 Å². The average molecular weight is 278 g/mol. The molecule has 0 saturated carbocycles. The van der Waals surface area contributed by atoms with Crippen molar-refractivity contribution in [1.29, 1.82) is 0 Å². The van der Waals surface area contributed by atoms with Crippen molar-refractivity contribution in [3.63, 3.8) is 0 Å². The Morgan fingerprint density at radius 1 is 1.30 bits per heavy atom. The first kappa shape index (κ1) is 15.3. The van der Waals surface area contributed by atoms with E-state index >= 15 is 0 Å². The van der Waals surface area contributed by atoms with Gasteiger partial charge in [0, 0.05) is 24.7 Å². The van der Waals surface area contributed by atoms with E-state index in [0.29, 0.717) is 12.6 Å². The van der Waals surface area contributed by atoms with Crippen molar-refractivity contribution in [1.82, 2.24) is 5.32 Å². The summed E-state index contributed by atoms with van der Waals surface area (Å²) in [4.78, 5) is 2.21. The third-order valence-electron chi connectivity index (χ3n) is 3.95. The molecular weight excluding hydrogens is 251 g/mol. The molecule has 2 nitrogen and oxygen atoms in total. The molecule has 0 aromatic heterocycles. The maximum Gasteiger partial charge on any atom is 0.146 e. The first-order valence-electron chi connectivity index (χ1n) is 7.67. The number of rotatable bonds is 3. The van der Waals surface area contributed by atoms with Gasteiger partial charge in [-0.25, -0.2) is 4.39 Å². The molecule has 112 valence electrons. The molecule has 0 radical (unpaired) electrons. The van der Waals surface area contributed by atoms with Crippen LogP contribution in [0.25, 0.3) is 0 Å². The molecular formula is C17H27FN2. The highest BCUT2D eigenvalue weighted by molar-refractivity contribution is 5.50. The van der Waals surface area contributed by atoms with Gasteiger partial charge in [0.05, 0.1) is 5.69 Å². The molecule has 1 aromatic carbocycles. The van der Waals surface area contributed by atoms with Crippen molar-refractivity contribution in [3.05, 3.63) is 29.6 Å². The quantitative estimate of drug-likeness (QED) is 0.895. The van der Waals surface area contributed by atoms with Crippen LogP contribution in [0.2, 0.25) is 0 Å². The van der Waals surface area contributed by atoms with Crippen LogP contribution in [0, 0.1) is 5.82 Å². The monoisotopic (exact) mass is 278 g/mol. The number of nitrogens with one attached hydrogen (secondary N) is 1. The Labute approximate surface area is 122 Å². The van der Waals surface area contributed by atoms with Crippen LogP contribution in [0.1, 0.15) is 52.5 Å². The minimum absolute atomic E-state index is 0.0521. The fourth-order valence-corrected chi connectivity index (χ4v) is 2.72. The topological polar surface area (TPSA) is 15.3 Å². The normalized spacial score (nSPS) is 20.2. The molecule has 0 bridgehead atoms. The first-order valence-corrected chi connectivity index (χ1v) is 7.67. The number of hydrogen-bond acceptors (Lipinski definition) is 2.